The Morgan fingerprint density at radius 3 is 2.45 bits per heavy atom. The summed E-state index contributed by atoms with van der Waals surface area (Å²) in [5.74, 6) is -1.53. The monoisotopic (exact) mass is 469 g/mol. The molecule has 0 radical (unpaired) electrons. The summed E-state index contributed by atoms with van der Waals surface area (Å²) < 4.78 is 41.3. The number of alkyl halides is 3. The predicted octanol–water partition coefficient (Wildman–Crippen LogP) is 4.94. The Morgan fingerprint density at radius 1 is 1.00 bits per heavy atom. The summed E-state index contributed by atoms with van der Waals surface area (Å²) >= 11 is 5.09. The SMILES string of the molecule is Cc1ccc(-n2cccc2/C=C2\C(=O)NC(=S)N(c3cccc(C(F)(F)F)c3)C2=O)c(C)c1. The Balaban J connectivity index is 1.76. The number of carbonyl (C=O) groups excluding carboxylic acids is 2. The molecule has 1 saturated heterocycles. The summed E-state index contributed by atoms with van der Waals surface area (Å²) in [4.78, 5) is 26.7. The first-order valence-electron chi connectivity index (χ1n) is 9.90. The zero-order valence-corrected chi connectivity index (χ0v) is 18.4. The zero-order valence-electron chi connectivity index (χ0n) is 17.6. The summed E-state index contributed by atoms with van der Waals surface area (Å²) in [7, 11) is 0. The number of aromatic nitrogens is 1. The number of nitrogens with zero attached hydrogens (tertiary/aromatic N) is 2. The summed E-state index contributed by atoms with van der Waals surface area (Å²) in [5, 5.41) is 2.11. The van der Waals surface area contributed by atoms with Crippen LogP contribution in [0.5, 0.6) is 0 Å². The van der Waals surface area contributed by atoms with Crippen molar-refractivity contribution in [2.45, 2.75) is 20.0 Å². The Bertz CT molecular complexity index is 1320. The van der Waals surface area contributed by atoms with E-state index in [1.165, 1.54) is 18.2 Å². The van der Waals surface area contributed by atoms with Gasteiger partial charge in [-0.25, -0.2) is 0 Å². The van der Waals surface area contributed by atoms with Crippen molar-refractivity contribution >= 4 is 40.9 Å². The van der Waals surface area contributed by atoms with Gasteiger partial charge in [0.15, 0.2) is 5.11 Å². The molecule has 2 heterocycles. The molecule has 0 unspecified atom stereocenters. The van der Waals surface area contributed by atoms with Gasteiger partial charge in [-0.2, -0.15) is 13.2 Å². The molecule has 1 N–H and O–H groups in total. The van der Waals surface area contributed by atoms with Crippen LogP contribution in [0.25, 0.3) is 11.8 Å². The molecule has 1 aliphatic rings. The van der Waals surface area contributed by atoms with Gasteiger partial charge in [-0.15, -0.1) is 0 Å². The summed E-state index contributed by atoms with van der Waals surface area (Å²) in [6.45, 7) is 3.93. The minimum atomic E-state index is -4.59. The first kappa shape index (κ1) is 22.5. The van der Waals surface area contributed by atoms with E-state index >= 15 is 0 Å². The number of hydrogen-bond donors (Lipinski definition) is 1. The number of thiocarbonyl (C=S) groups is 1. The molecular formula is C24H18F3N3O2S. The van der Waals surface area contributed by atoms with Crippen LogP contribution in [0.4, 0.5) is 18.9 Å². The molecule has 1 aromatic heterocycles. The van der Waals surface area contributed by atoms with E-state index in [-0.39, 0.29) is 16.4 Å². The van der Waals surface area contributed by atoms with E-state index < -0.39 is 23.6 Å². The van der Waals surface area contributed by atoms with Crippen LogP contribution >= 0.6 is 12.2 Å². The van der Waals surface area contributed by atoms with Crippen LogP contribution in [-0.4, -0.2) is 21.5 Å². The van der Waals surface area contributed by atoms with Crippen LogP contribution < -0.4 is 10.2 Å². The van der Waals surface area contributed by atoms with Gasteiger partial charge in [-0.3, -0.25) is 19.8 Å². The van der Waals surface area contributed by atoms with Gasteiger partial charge in [-0.05, 0) is 74.1 Å². The number of anilines is 1. The van der Waals surface area contributed by atoms with Gasteiger partial charge < -0.3 is 4.57 Å². The maximum atomic E-state index is 13.2. The molecule has 168 valence electrons. The summed E-state index contributed by atoms with van der Waals surface area (Å²) in [6, 6.07) is 13.6. The van der Waals surface area contributed by atoms with E-state index in [9.17, 15) is 22.8 Å². The zero-order chi connectivity index (χ0) is 23.9. The van der Waals surface area contributed by atoms with E-state index in [2.05, 4.69) is 5.32 Å². The maximum absolute atomic E-state index is 13.2. The van der Waals surface area contributed by atoms with Crippen LogP contribution in [0.2, 0.25) is 0 Å². The number of amides is 2. The molecular weight excluding hydrogens is 451 g/mol. The second-order valence-electron chi connectivity index (χ2n) is 7.60. The van der Waals surface area contributed by atoms with E-state index in [1.54, 1.807) is 18.3 Å². The third-order valence-electron chi connectivity index (χ3n) is 5.22. The van der Waals surface area contributed by atoms with Gasteiger partial charge >= 0.3 is 6.18 Å². The lowest BCUT2D eigenvalue weighted by Crippen LogP contribution is -2.54. The summed E-state index contributed by atoms with van der Waals surface area (Å²) in [6.07, 6.45) is -1.39. The van der Waals surface area contributed by atoms with Crippen molar-refractivity contribution in [1.29, 1.82) is 0 Å². The highest BCUT2D eigenvalue weighted by Crippen LogP contribution is 2.33. The highest BCUT2D eigenvalue weighted by Gasteiger charge is 2.36. The molecule has 5 nitrogen and oxygen atoms in total. The average molecular weight is 469 g/mol. The smallest absolute Gasteiger partial charge is 0.317 e. The van der Waals surface area contributed by atoms with Gasteiger partial charge in [0.25, 0.3) is 11.8 Å². The highest BCUT2D eigenvalue weighted by atomic mass is 32.1. The molecule has 0 bridgehead atoms. The standard InChI is InChI=1S/C24H18F3N3O2S/c1-14-8-9-20(15(2)11-14)29-10-4-7-17(29)13-19-21(31)28-23(33)30(22(19)32)18-6-3-5-16(12-18)24(25,26)27/h3-13H,1-2H3,(H,28,31,33)/b19-13+. The number of carbonyl (C=O) groups is 2. The lowest BCUT2D eigenvalue weighted by Gasteiger charge is -2.29. The topological polar surface area (TPSA) is 54.3 Å². The lowest BCUT2D eigenvalue weighted by molar-refractivity contribution is -0.137. The van der Waals surface area contributed by atoms with Crippen molar-refractivity contribution in [2.24, 2.45) is 0 Å². The van der Waals surface area contributed by atoms with E-state index in [4.69, 9.17) is 12.2 Å². The second kappa shape index (κ2) is 8.32. The Hall–Kier alpha value is -3.72. The normalized spacial score (nSPS) is 15.8. The van der Waals surface area contributed by atoms with Crippen LogP contribution in [-0.2, 0) is 15.8 Å². The average Bonchev–Trinajstić information content (AvgIpc) is 3.18. The van der Waals surface area contributed by atoms with E-state index in [0.717, 1.165) is 33.8 Å². The number of rotatable bonds is 3. The third-order valence-corrected chi connectivity index (χ3v) is 5.50. The largest absolute Gasteiger partial charge is 0.416 e. The van der Waals surface area contributed by atoms with Crippen LogP contribution in [0.15, 0.2) is 66.4 Å². The fourth-order valence-corrected chi connectivity index (χ4v) is 3.95. The molecule has 1 fully saturated rings. The van der Waals surface area contributed by atoms with Crippen LogP contribution in [0.1, 0.15) is 22.4 Å². The van der Waals surface area contributed by atoms with Crippen molar-refractivity contribution in [3.05, 3.63) is 88.8 Å². The molecule has 2 amide bonds. The predicted molar refractivity (Wildman–Crippen MR) is 123 cm³/mol. The lowest BCUT2D eigenvalue weighted by atomic mass is 10.1. The minimum Gasteiger partial charge on any atom is -0.317 e. The number of aryl methyl sites for hydroxylation is 2. The fraction of sp³-hybridized carbons (Fsp3) is 0.125. The van der Waals surface area contributed by atoms with Crippen LogP contribution in [0, 0.1) is 13.8 Å². The molecule has 1 aliphatic heterocycles. The van der Waals surface area contributed by atoms with Crippen molar-refractivity contribution in [1.82, 2.24) is 9.88 Å². The number of benzene rings is 2. The first-order valence-corrected chi connectivity index (χ1v) is 10.3. The van der Waals surface area contributed by atoms with E-state index in [1.807, 2.05) is 36.6 Å². The van der Waals surface area contributed by atoms with Gasteiger partial charge in [-0.1, -0.05) is 23.8 Å². The Labute approximate surface area is 193 Å². The molecule has 2 aromatic carbocycles. The van der Waals surface area contributed by atoms with Gasteiger partial charge in [0.2, 0.25) is 0 Å². The first-order chi connectivity index (χ1) is 15.6. The number of nitrogens with one attached hydrogen (secondary N) is 1. The second-order valence-corrected chi connectivity index (χ2v) is 7.99. The molecule has 3 aromatic rings. The molecule has 33 heavy (non-hydrogen) atoms. The van der Waals surface area contributed by atoms with Crippen LogP contribution in [0.3, 0.4) is 0 Å². The van der Waals surface area contributed by atoms with Gasteiger partial charge in [0.1, 0.15) is 5.57 Å². The number of hydrogen-bond acceptors (Lipinski definition) is 3. The van der Waals surface area contributed by atoms with Crippen molar-refractivity contribution in [3.8, 4) is 5.69 Å². The summed E-state index contributed by atoms with van der Waals surface area (Å²) in [5.41, 5.74) is 2.25. The number of halogens is 3. The fourth-order valence-electron chi connectivity index (χ4n) is 3.67. The molecule has 9 heteroatoms. The maximum Gasteiger partial charge on any atom is 0.416 e. The molecule has 0 aliphatic carbocycles. The van der Waals surface area contributed by atoms with Crippen molar-refractivity contribution in [2.75, 3.05) is 4.90 Å². The molecule has 0 saturated carbocycles. The highest BCUT2D eigenvalue weighted by molar-refractivity contribution is 7.80. The molecule has 0 atom stereocenters. The Morgan fingerprint density at radius 2 is 1.76 bits per heavy atom. The van der Waals surface area contributed by atoms with Gasteiger partial charge in [0, 0.05) is 17.6 Å². The Kier molecular flexibility index (Phi) is 5.67. The quantitative estimate of drug-likeness (QED) is 0.336. The molecule has 4 rings (SSSR count). The minimum absolute atomic E-state index is 0.0875. The van der Waals surface area contributed by atoms with Crippen molar-refractivity contribution in [3.63, 3.8) is 0 Å². The van der Waals surface area contributed by atoms with Crippen molar-refractivity contribution < 1.29 is 22.8 Å². The van der Waals surface area contributed by atoms with Gasteiger partial charge in [0.05, 0.1) is 11.3 Å². The third kappa shape index (κ3) is 4.31. The molecule has 0 spiro atoms. The van der Waals surface area contributed by atoms with E-state index in [0.29, 0.717) is 5.69 Å².